The Morgan fingerprint density at radius 1 is 1.04 bits per heavy atom. The maximum Gasteiger partial charge on any atom is 0.418 e. The van der Waals surface area contributed by atoms with Crippen molar-refractivity contribution in [3.63, 3.8) is 0 Å². The molecule has 1 N–H and O–H groups in total. The summed E-state index contributed by atoms with van der Waals surface area (Å²) in [5, 5.41) is 2.60. The predicted octanol–water partition coefficient (Wildman–Crippen LogP) is 5.68. The van der Waals surface area contributed by atoms with Crippen LogP contribution < -0.4 is 10.1 Å². The Hall–Kier alpha value is -1.63. The first kappa shape index (κ1) is 18.7. The number of ether oxygens (including phenoxy) is 1. The highest BCUT2D eigenvalue weighted by Gasteiger charge is 2.34. The molecule has 0 saturated carbocycles. The lowest BCUT2D eigenvalue weighted by Gasteiger charge is -2.14. The van der Waals surface area contributed by atoms with Gasteiger partial charge in [-0.3, -0.25) is 4.79 Å². The van der Waals surface area contributed by atoms with Crippen molar-refractivity contribution in [1.29, 1.82) is 0 Å². The minimum Gasteiger partial charge on any atom is -0.482 e. The highest BCUT2D eigenvalue weighted by Crippen LogP contribution is 2.36. The predicted molar refractivity (Wildman–Crippen MR) is 87.0 cm³/mol. The SMILES string of the molecule is O=C(COc1ccc(Cl)cc1Cl)Nc1ccc(Cl)cc1C(F)(F)F. The van der Waals surface area contributed by atoms with Gasteiger partial charge in [0.05, 0.1) is 16.3 Å². The van der Waals surface area contributed by atoms with Gasteiger partial charge >= 0.3 is 6.18 Å². The van der Waals surface area contributed by atoms with Crippen LogP contribution in [0.2, 0.25) is 15.1 Å². The summed E-state index contributed by atoms with van der Waals surface area (Å²) < 4.78 is 44.0. The molecule has 128 valence electrons. The van der Waals surface area contributed by atoms with E-state index in [2.05, 4.69) is 5.32 Å². The van der Waals surface area contributed by atoms with Crippen LogP contribution in [0.5, 0.6) is 5.75 Å². The highest BCUT2D eigenvalue weighted by molar-refractivity contribution is 6.35. The van der Waals surface area contributed by atoms with Crippen molar-refractivity contribution in [2.24, 2.45) is 0 Å². The smallest absolute Gasteiger partial charge is 0.418 e. The molecule has 0 atom stereocenters. The number of amides is 1. The van der Waals surface area contributed by atoms with Crippen LogP contribution in [0.25, 0.3) is 0 Å². The number of carbonyl (C=O) groups is 1. The van der Waals surface area contributed by atoms with Gasteiger partial charge in [0.15, 0.2) is 6.61 Å². The fraction of sp³-hybridized carbons (Fsp3) is 0.133. The normalized spacial score (nSPS) is 11.2. The first-order valence-electron chi connectivity index (χ1n) is 6.41. The lowest BCUT2D eigenvalue weighted by molar-refractivity contribution is -0.137. The Morgan fingerprint density at radius 2 is 1.67 bits per heavy atom. The van der Waals surface area contributed by atoms with E-state index in [9.17, 15) is 18.0 Å². The molecule has 0 aliphatic carbocycles. The number of carbonyl (C=O) groups excluding carboxylic acids is 1. The van der Waals surface area contributed by atoms with Gasteiger partial charge in [-0.05, 0) is 36.4 Å². The van der Waals surface area contributed by atoms with E-state index in [0.717, 1.165) is 12.1 Å². The fourth-order valence-corrected chi connectivity index (χ4v) is 2.42. The third kappa shape index (κ3) is 4.93. The Balaban J connectivity index is 2.08. The van der Waals surface area contributed by atoms with E-state index in [1.807, 2.05) is 0 Å². The van der Waals surface area contributed by atoms with E-state index >= 15 is 0 Å². The summed E-state index contributed by atoms with van der Waals surface area (Å²) in [6.07, 6.45) is -4.66. The van der Waals surface area contributed by atoms with Gasteiger partial charge in [-0.25, -0.2) is 0 Å². The topological polar surface area (TPSA) is 38.3 Å². The summed E-state index contributed by atoms with van der Waals surface area (Å²) in [5.74, 6) is -0.600. The molecule has 0 aliphatic rings. The molecular weight excluding hydrogens is 390 g/mol. The zero-order valence-electron chi connectivity index (χ0n) is 11.8. The largest absolute Gasteiger partial charge is 0.482 e. The molecule has 0 unspecified atom stereocenters. The van der Waals surface area contributed by atoms with E-state index in [1.54, 1.807) is 0 Å². The first-order valence-corrected chi connectivity index (χ1v) is 7.54. The molecule has 0 saturated heterocycles. The minimum absolute atomic E-state index is 0.0930. The van der Waals surface area contributed by atoms with Crippen molar-refractivity contribution >= 4 is 46.4 Å². The second-order valence-corrected chi connectivity index (χ2v) is 5.88. The summed E-state index contributed by atoms with van der Waals surface area (Å²) in [7, 11) is 0. The van der Waals surface area contributed by atoms with Crippen molar-refractivity contribution in [2.75, 3.05) is 11.9 Å². The lowest BCUT2D eigenvalue weighted by Crippen LogP contribution is -2.22. The van der Waals surface area contributed by atoms with Gasteiger partial charge < -0.3 is 10.1 Å². The van der Waals surface area contributed by atoms with Gasteiger partial charge in [0.2, 0.25) is 0 Å². The van der Waals surface area contributed by atoms with Crippen LogP contribution >= 0.6 is 34.8 Å². The quantitative estimate of drug-likeness (QED) is 0.719. The van der Waals surface area contributed by atoms with Crippen LogP contribution in [0.4, 0.5) is 18.9 Å². The van der Waals surface area contributed by atoms with Gasteiger partial charge in [0, 0.05) is 10.0 Å². The van der Waals surface area contributed by atoms with Gasteiger partial charge in [-0.2, -0.15) is 13.2 Å². The Bertz CT molecular complexity index is 766. The van der Waals surface area contributed by atoms with Crippen LogP contribution in [0.1, 0.15) is 5.56 Å². The van der Waals surface area contributed by atoms with Crippen molar-refractivity contribution in [3.05, 3.63) is 57.0 Å². The van der Waals surface area contributed by atoms with Gasteiger partial charge in [-0.15, -0.1) is 0 Å². The number of hydrogen-bond acceptors (Lipinski definition) is 2. The van der Waals surface area contributed by atoms with Crippen LogP contribution in [-0.2, 0) is 11.0 Å². The molecule has 9 heteroatoms. The molecule has 3 nitrogen and oxygen atoms in total. The Labute approximate surface area is 150 Å². The van der Waals surface area contributed by atoms with Crippen molar-refractivity contribution in [1.82, 2.24) is 0 Å². The minimum atomic E-state index is -4.66. The van der Waals surface area contributed by atoms with Gasteiger partial charge in [0.25, 0.3) is 5.91 Å². The average molecular weight is 399 g/mol. The van der Waals surface area contributed by atoms with Gasteiger partial charge in [-0.1, -0.05) is 34.8 Å². The molecule has 2 aromatic carbocycles. The molecule has 1 amide bonds. The summed E-state index contributed by atoms with van der Waals surface area (Å²) >= 11 is 17.2. The first-order chi connectivity index (χ1) is 11.2. The second-order valence-electron chi connectivity index (χ2n) is 4.60. The van der Waals surface area contributed by atoms with E-state index in [0.29, 0.717) is 5.02 Å². The van der Waals surface area contributed by atoms with Crippen molar-refractivity contribution in [3.8, 4) is 5.75 Å². The summed E-state index contributed by atoms with van der Waals surface area (Å²) in [6, 6.07) is 7.40. The lowest BCUT2D eigenvalue weighted by atomic mass is 10.1. The summed E-state index contributed by atoms with van der Waals surface area (Å²) in [4.78, 5) is 11.8. The number of rotatable bonds is 4. The fourth-order valence-electron chi connectivity index (χ4n) is 1.78. The average Bonchev–Trinajstić information content (AvgIpc) is 2.47. The third-order valence-electron chi connectivity index (χ3n) is 2.81. The molecule has 2 rings (SSSR count). The zero-order valence-corrected chi connectivity index (χ0v) is 14.0. The van der Waals surface area contributed by atoms with E-state index in [1.165, 1.54) is 24.3 Å². The maximum atomic E-state index is 12.9. The monoisotopic (exact) mass is 397 g/mol. The van der Waals surface area contributed by atoms with E-state index < -0.39 is 29.9 Å². The highest BCUT2D eigenvalue weighted by atomic mass is 35.5. The van der Waals surface area contributed by atoms with Gasteiger partial charge in [0.1, 0.15) is 5.75 Å². The molecule has 0 spiro atoms. The van der Waals surface area contributed by atoms with E-state index in [-0.39, 0.29) is 15.8 Å². The molecule has 0 radical (unpaired) electrons. The zero-order chi connectivity index (χ0) is 17.9. The standard InChI is InChI=1S/C15H9Cl3F3NO2/c16-8-1-3-12(10(5-8)15(19,20)21)22-14(23)7-24-13-4-2-9(17)6-11(13)18/h1-6H,7H2,(H,22,23). The summed E-state index contributed by atoms with van der Waals surface area (Å²) in [5.41, 5.74) is -1.46. The maximum absolute atomic E-state index is 12.9. The van der Waals surface area contributed by atoms with Crippen LogP contribution in [0.3, 0.4) is 0 Å². The molecule has 0 heterocycles. The number of anilines is 1. The molecular formula is C15H9Cl3F3NO2. The number of halogens is 6. The number of benzene rings is 2. The van der Waals surface area contributed by atoms with Crippen LogP contribution in [-0.4, -0.2) is 12.5 Å². The molecule has 0 aromatic heterocycles. The number of hydrogen-bond donors (Lipinski definition) is 1. The van der Waals surface area contributed by atoms with Crippen molar-refractivity contribution in [2.45, 2.75) is 6.18 Å². The Kier molecular flexibility index (Phi) is 5.85. The Morgan fingerprint density at radius 3 is 2.29 bits per heavy atom. The van der Waals surface area contributed by atoms with Crippen LogP contribution in [0.15, 0.2) is 36.4 Å². The molecule has 24 heavy (non-hydrogen) atoms. The summed E-state index contributed by atoms with van der Waals surface area (Å²) in [6.45, 7) is -0.527. The number of alkyl halides is 3. The van der Waals surface area contributed by atoms with Crippen molar-refractivity contribution < 1.29 is 22.7 Å². The third-order valence-corrected chi connectivity index (χ3v) is 3.58. The second kappa shape index (κ2) is 7.51. The van der Waals surface area contributed by atoms with E-state index in [4.69, 9.17) is 39.5 Å². The number of nitrogens with one attached hydrogen (secondary N) is 1. The molecule has 0 fully saturated rings. The molecule has 0 bridgehead atoms. The van der Waals surface area contributed by atoms with Crippen LogP contribution in [0, 0.1) is 0 Å². The molecule has 0 aliphatic heterocycles. The molecule has 2 aromatic rings.